The highest BCUT2D eigenvalue weighted by Gasteiger charge is 2.34. The maximum Gasteiger partial charge on any atom is 0.328 e. The Bertz CT molecular complexity index is 497. The number of carbonyl (C=O) groups is 1. The average Bonchev–Trinajstić information content (AvgIpc) is 3.11. The molecule has 0 saturated carbocycles. The van der Waals surface area contributed by atoms with Gasteiger partial charge in [-0.1, -0.05) is 6.92 Å². The lowest BCUT2D eigenvalue weighted by Gasteiger charge is -2.26. The van der Waals surface area contributed by atoms with E-state index in [-0.39, 0.29) is 12.0 Å². The van der Waals surface area contributed by atoms with Gasteiger partial charge in [0.15, 0.2) is 0 Å². The van der Waals surface area contributed by atoms with Crippen molar-refractivity contribution in [2.75, 3.05) is 26.7 Å². The Kier molecular flexibility index (Phi) is 3.78. The summed E-state index contributed by atoms with van der Waals surface area (Å²) < 4.78 is 7.14. The summed E-state index contributed by atoms with van der Waals surface area (Å²) in [5.74, 6) is 1.41. The molecule has 1 aromatic heterocycles. The number of hydrogen-bond acceptors (Lipinski definition) is 4. The molecule has 1 aromatic rings. The van der Waals surface area contributed by atoms with Crippen LogP contribution >= 0.6 is 0 Å². The molecule has 0 aromatic carbocycles. The second-order valence-electron chi connectivity index (χ2n) is 5.79. The Hall–Kier alpha value is -1.36. The van der Waals surface area contributed by atoms with E-state index in [1.165, 1.54) is 12.8 Å². The molecule has 20 heavy (non-hydrogen) atoms. The summed E-state index contributed by atoms with van der Waals surface area (Å²) in [7, 11) is 1.47. The van der Waals surface area contributed by atoms with Gasteiger partial charge < -0.3 is 14.2 Å². The predicted octanol–water partition coefficient (Wildman–Crippen LogP) is 1.74. The summed E-state index contributed by atoms with van der Waals surface area (Å²) in [5, 5.41) is 0. The van der Waals surface area contributed by atoms with Crippen LogP contribution in [0.3, 0.4) is 0 Å². The fourth-order valence-electron chi connectivity index (χ4n) is 3.55. The SMILES string of the molecule is CCN1CCC(c2ncc3n2C(C(=O)OC)CCC3)C1. The number of ether oxygens (including phenoxy) is 1. The van der Waals surface area contributed by atoms with Crippen LogP contribution in [-0.2, 0) is 16.0 Å². The number of likely N-dealkylation sites (N-methyl/N-ethyl adjacent to an activating group) is 1. The van der Waals surface area contributed by atoms with Crippen molar-refractivity contribution in [2.45, 2.75) is 44.6 Å². The fraction of sp³-hybridized carbons (Fsp3) is 0.733. The summed E-state index contributed by atoms with van der Waals surface area (Å²) in [5.41, 5.74) is 1.19. The van der Waals surface area contributed by atoms with Crippen molar-refractivity contribution in [3.63, 3.8) is 0 Å². The number of carbonyl (C=O) groups excluding carboxylic acids is 1. The summed E-state index contributed by atoms with van der Waals surface area (Å²) >= 11 is 0. The highest BCUT2D eigenvalue weighted by atomic mass is 16.5. The van der Waals surface area contributed by atoms with E-state index in [1.807, 2.05) is 6.20 Å². The zero-order valence-electron chi connectivity index (χ0n) is 12.3. The molecule has 5 heteroatoms. The van der Waals surface area contributed by atoms with Crippen LogP contribution in [0.2, 0.25) is 0 Å². The molecule has 110 valence electrons. The molecule has 2 aliphatic rings. The van der Waals surface area contributed by atoms with Crippen molar-refractivity contribution in [3.05, 3.63) is 17.7 Å². The summed E-state index contributed by atoms with van der Waals surface area (Å²) in [6, 6.07) is -0.170. The minimum Gasteiger partial charge on any atom is -0.467 e. The quantitative estimate of drug-likeness (QED) is 0.790. The van der Waals surface area contributed by atoms with Gasteiger partial charge >= 0.3 is 5.97 Å². The van der Waals surface area contributed by atoms with E-state index in [1.54, 1.807) is 0 Å². The molecular weight excluding hydrogens is 254 g/mol. The largest absolute Gasteiger partial charge is 0.467 e. The highest BCUT2D eigenvalue weighted by Crippen LogP contribution is 2.33. The van der Waals surface area contributed by atoms with E-state index in [2.05, 4.69) is 21.4 Å². The second-order valence-corrected chi connectivity index (χ2v) is 5.79. The number of aromatic nitrogens is 2. The lowest BCUT2D eigenvalue weighted by atomic mass is 10.0. The zero-order chi connectivity index (χ0) is 14.1. The van der Waals surface area contributed by atoms with E-state index in [9.17, 15) is 4.79 Å². The van der Waals surface area contributed by atoms with Crippen LogP contribution in [0.4, 0.5) is 0 Å². The monoisotopic (exact) mass is 277 g/mol. The van der Waals surface area contributed by atoms with Crippen LogP contribution in [-0.4, -0.2) is 47.2 Å². The minimum absolute atomic E-state index is 0.129. The van der Waals surface area contributed by atoms with Crippen LogP contribution in [0.5, 0.6) is 0 Å². The average molecular weight is 277 g/mol. The Morgan fingerprint density at radius 3 is 3.05 bits per heavy atom. The van der Waals surface area contributed by atoms with Crippen LogP contribution in [0, 0.1) is 0 Å². The minimum atomic E-state index is -0.170. The van der Waals surface area contributed by atoms with Crippen LogP contribution < -0.4 is 0 Å². The molecular formula is C15H23N3O2. The topological polar surface area (TPSA) is 47.4 Å². The smallest absolute Gasteiger partial charge is 0.328 e. The Morgan fingerprint density at radius 2 is 2.35 bits per heavy atom. The van der Waals surface area contributed by atoms with Crippen molar-refractivity contribution >= 4 is 5.97 Å². The van der Waals surface area contributed by atoms with E-state index >= 15 is 0 Å². The lowest BCUT2D eigenvalue weighted by Crippen LogP contribution is -2.29. The zero-order valence-corrected chi connectivity index (χ0v) is 12.3. The van der Waals surface area contributed by atoms with Crippen molar-refractivity contribution in [1.29, 1.82) is 0 Å². The van der Waals surface area contributed by atoms with Crippen LogP contribution in [0.25, 0.3) is 0 Å². The summed E-state index contributed by atoms with van der Waals surface area (Å²) in [6.07, 6.45) is 6.02. The number of likely N-dealkylation sites (tertiary alicyclic amines) is 1. The van der Waals surface area contributed by atoms with Crippen molar-refractivity contribution in [1.82, 2.24) is 14.5 Å². The van der Waals surface area contributed by atoms with Gasteiger partial charge in [0.2, 0.25) is 0 Å². The number of hydrogen-bond donors (Lipinski definition) is 0. The van der Waals surface area contributed by atoms with E-state index in [4.69, 9.17) is 4.74 Å². The summed E-state index contributed by atoms with van der Waals surface area (Å²) in [6.45, 7) is 5.47. The maximum absolute atomic E-state index is 12.0. The third-order valence-electron chi connectivity index (χ3n) is 4.68. The van der Waals surface area contributed by atoms with Gasteiger partial charge in [0.25, 0.3) is 0 Å². The standard InChI is InChI=1S/C15H23N3O2/c1-3-17-8-7-11(10-17)14-16-9-12-5-4-6-13(18(12)14)15(19)20-2/h9,11,13H,3-8,10H2,1-2H3. The van der Waals surface area contributed by atoms with Crippen molar-refractivity contribution in [2.24, 2.45) is 0 Å². The molecule has 1 saturated heterocycles. The molecule has 3 heterocycles. The van der Waals surface area contributed by atoms with Gasteiger partial charge in [-0.05, 0) is 38.8 Å². The second kappa shape index (κ2) is 5.56. The van der Waals surface area contributed by atoms with Gasteiger partial charge in [-0.15, -0.1) is 0 Å². The first-order chi connectivity index (χ1) is 9.74. The molecule has 2 aliphatic heterocycles. The molecule has 0 N–H and O–H groups in total. The first-order valence-electron chi connectivity index (χ1n) is 7.60. The van der Waals surface area contributed by atoms with Gasteiger partial charge in [0.1, 0.15) is 11.9 Å². The van der Waals surface area contributed by atoms with E-state index < -0.39 is 0 Å². The summed E-state index contributed by atoms with van der Waals surface area (Å²) in [4.78, 5) is 19.1. The number of methoxy groups -OCH3 is 1. The number of esters is 1. The number of fused-ring (bicyclic) bond motifs is 1. The normalized spacial score (nSPS) is 26.5. The molecule has 0 radical (unpaired) electrons. The Morgan fingerprint density at radius 1 is 1.50 bits per heavy atom. The first-order valence-corrected chi connectivity index (χ1v) is 7.60. The van der Waals surface area contributed by atoms with Gasteiger partial charge in [-0.25, -0.2) is 9.78 Å². The van der Waals surface area contributed by atoms with Gasteiger partial charge in [-0.2, -0.15) is 0 Å². The molecule has 5 nitrogen and oxygen atoms in total. The van der Waals surface area contributed by atoms with Crippen LogP contribution in [0.15, 0.2) is 6.20 Å². The molecule has 1 fully saturated rings. The third-order valence-corrected chi connectivity index (χ3v) is 4.68. The van der Waals surface area contributed by atoms with E-state index in [0.717, 1.165) is 51.1 Å². The maximum atomic E-state index is 12.0. The third kappa shape index (κ3) is 2.24. The molecule has 2 atom stereocenters. The lowest BCUT2D eigenvalue weighted by molar-refractivity contribution is -0.145. The van der Waals surface area contributed by atoms with E-state index in [0.29, 0.717) is 5.92 Å². The fourth-order valence-corrected chi connectivity index (χ4v) is 3.55. The molecule has 0 amide bonds. The Labute approximate surface area is 119 Å². The molecule has 2 unspecified atom stereocenters. The number of aryl methyl sites for hydroxylation is 1. The van der Waals surface area contributed by atoms with Gasteiger partial charge in [0.05, 0.1) is 7.11 Å². The number of nitrogens with zero attached hydrogens (tertiary/aromatic N) is 3. The molecule has 0 spiro atoms. The van der Waals surface area contributed by atoms with Crippen molar-refractivity contribution < 1.29 is 9.53 Å². The number of imidazole rings is 1. The van der Waals surface area contributed by atoms with Gasteiger partial charge in [-0.3, -0.25) is 0 Å². The highest BCUT2D eigenvalue weighted by molar-refractivity contribution is 5.74. The molecule has 3 rings (SSSR count). The molecule has 0 aliphatic carbocycles. The van der Waals surface area contributed by atoms with Crippen LogP contribution in [0.1, 0.15) is 49.7 Å². The first kappa shape index (κ1) is 13.6. The van der Waals surface area contributed by atoms with Gasteiger partial charge in [0, 0.05) is 24.4 Å². The molecule has 0 bridgehead atoms. The Balaban J connectivity index is 1.90. The van der Waals surface area contributed by atoms with Crippen molar-refractivity contribution in [3.8, 4) is 0 Å². The predicted molar refractivity (Wildman–Crippen MR) is 75.7 cm³/mol. The number of rotatable bonds is 3.